The lowest BCUT2D eigenvalue weighted by atomic mass is 10.0. The topological polar surface area (TPSA) is 107 Å². The number of sulfonamides is 1. The number of carbonyl (C=O) groups is 1. The fraction of sp³-hybridized carbons (Fsp3) is 0.500. The van der Waals surface area contributed by atoms with Crippen LogP contribution in [0.5, 0.6) is 11.5 Å². The molecule has 3 N–H and O–H groups in total. The first-order valence-electron chi connectivity index (χ1n) is 7.05. The highest BCUT2D eigenvalue weighted by atomic mass is 32.2. The van der Waals surface area contributed by atoms with E-state index in [4.69, 9.17) is 0 Å². The van der Waals surface area contributed by atoms with Crippen molar-refractivity contribution < 1.29 is 23.4 Å². The highest BCUT2D eigenvalue weighted by Crippen LogP contribution is 2.28. The maximum absolute atomic E-state index is 12.3. The van der Waals surface area contributed by atoms with Gasteiger partial charge in [0.05, 0.1) is 6.26 Å². The Balaban J connectivity index is 2.06. The number of hydrogen-bond donors (Lipinski definition) is 3. The Kier molecular flexibility index (Phi) is 4.92. The summed E-state index contributed by atoms with van der Waals surface area (Å²) in [5.74, 6) is -0.943. The highest BCUT2D eigenvalue weighted by molar-refractivity contribution is 7.88. The van der Waals surface area contributed by atoms with Gasteiger partial charge in [-0.25, -0.2) is 8.42 Å². The molecular formula is C14H20N2O5S. The van der Waals surface area contributed by atoms with Gasteiger partial charge in [0, 0.05) is 18.7 Å². The molecule has 0 bridgehead atoms. The standard InChI is InChI=1S/C14H20N2O5S/c1-22(20,21)16-8-3-2-6-11(16)14(19)15-9-10-5-4-7-12(17)13(10)18/h4-5,7,11,17-18H,2-3,6,8-9H2,1H3,(H,15,19). The quantitative estimate of drug-likeness (QED) is 0.699. The first-order valence-corrected chi connectivity index (χ1v) is 8.90. The third kappa shape index (κ3) is 3.69. The van der Waals surface area contributed by atoms with E-state index in [1.807, 2.05) is 0 Å². The molecule has 1 saturated heterocycles. The zero-order valence-corrected chi connectivity index (χ0v) is 13.1. The van der Waals surface area contributed by atoms with Crippen molar-refractivity contribution in [1.82, 2.24) is 9.62 Å². The van der Waals surface area contributed by atoms with Crippen LogP contribution >= 0.6 is 0 Å². The van der Waals surface area contributed by atoms with Crippen molar-refractivity contribution >= 4 is 15.9 Å². The molecule has 1 atom stereocenters. The number of nitrogens with zero attached hydrogens (tertiary/aromatic N) is 1. The number of phenolic OH excluding ortho intramolecular Hbond substituents is 2. The Hall–Kier alpha value is -1.80. The monoisotopic (exact) mass is 328 g/mol. The molecule has 0 aromatic heterocycles. The molecule has 0 spiro atoms. The number of rotatable bonds is 4. The Morgan fingerprint density at radius 1 is 1.36 bits per heavy atom. The van der Waals surface area contributed by atoms with Crippen LogP contribution in [0.4, 0.5) is 0 Å². The smallest absolute Gasteiger partial charge is 0.238 e. The number of benzene rings is 1. The van der Waals surface area contributed by atoms with Crippen LogP contribution in [0.15, 0.2) is 18.2 Å². The van der Waals surface area contributed by atoms with E-state index in [1.54, 1.807) is 12.1 Å². The third-order valence-electron chi connectivity index (χ3n) is 3.73. The minimum atomic E-state index is -3.43. The van der Waals surface area contributed by atoms with Crippen LogP contribution in [0, 0.1) is 0 Å². The zero-order valence-electron chi connectivity index (χ0n) is 12.3. The molecule has 7 nitrogen and oxygen atoms in total. The highest BCUT2D eigenvalue weighted by Gasteiger charge is 2.34. The second kappa shape index (κ2) is 6.53. The molecule has 2 rings (SSSR count). The van der Waals surface area contributed by atoms with E-state index < -0.39 is 22.0 Å². The molecule has 0 radical (unpaired) electrons. The summed E-state index contributed by atoms with van der Waals surface area (Å²) in [6, 6.07) is 3.75. The van der Waals surface area contributed by atoms with Crippen LogP contribution < -0.4 is 5.32 Å². The van der Waals surface area contributed by atoms with E-state index in [1.165, 1.54) is 10.4 Å². The first-order chi connectivity index (χ1) is 10.3. The molecule has 22 heavy (non-hydrogen) atoms. The van der Waals surface area contributed by atoms with Crippen LogP contribution in [0.2, 0.25) is 0 Å². The van der Waals surface area contributed by atoms with Gasteiger partial charge in [-0.3, -0.25) is 4.79 Å². The largest absolute Gasteiger partial charge is 0.504 e. The molecule has 1 fully saturated rings. The second-order valence-corrected chi connectivity index (χ2v) is 7.32. The van der Waals surface area contributed by atoms with Crippen molar-refractivity contribution in [2.75, 3.05) is 12.8 Å². The molecule has 0 saturated carbocycles. The molecule has 8 heteroatoms. The number of phenols is 2. The molecule has 0 aliphatic carbocycles. The van der Waals surface area contributed by atoms with Gasteiger partial charge in [0.15, 0.2) is 11.5 Å². The summed E-state index contributed by atoms with van der Waals surface area (Å²) in [7, 11) is -3.43. The fourth-order valence-electron chi connectivity index (χ4n) is 2.58. The molecule has 1 aliphatic heterocycles. The Bertz CT molecular complexity index is 659. The van der Waals surface area contributed by atoms with E-state index in [9.17, 15) is 23.4 Å². The van der Waals surface area contributed by atoms with Crippen LogP contribution in [0.3, 0.4) is 0 Å². The summed E-state index contributed by atoms with van der Waals surface area (Å²) in [4.78, 5) is 12.3. The van der Waals surface area contributed by atoms with Gasteiger partial charge in [-0.05, 0) is 18.9 Å². The number of amides is 1. The molecule has 1 amide bonds. The van der Waals surface area contributed by atoms with Crippen LogP contribution in [0.1, 0.15) is 24.8 Å². The van der Waals surface area contributed by atoms with E-state index in [0.717, 1.165) is 19.1 Å². The summed E-state index contributed by atoms with van der Waals surface area (Å²) >= 11 is 0. The average Bonchev–Trinajstić information content (AvgIpc) is 2.47. The molecule has 1 aromatic carbocycles. The SMILES string of the molecule is CS(=O)(=O)N1CCCCC1C(=O)NCc1cccc(O)c1O. The average molecular weight is 328 g/mol. The molecule has 1 unspecified atom stereocenters. The fourth-order valence-corrected chi connectivity index (χ4v) is 3.71. The van der Waals surface area contributed by atoms with Gasteiger partial charge in [-0.2, -0.15) is 4.31 Å². The van der Waals surface area contributed by atoms with Crippen molar-refractivity contribution in [1.29, 1.82) is 0 Å². The first kappa shape index (κ1) is 16.6. The number of para-hydroxylation sites is 1. The summed E-state index contributed by atoms with van der Waals surface area (Å²) in [5.41, 5.74) is 0.370. The summed E-state index contributed by atoms with van der Waals surface area (Å²) < 4.78 is 24.7. The lowest BCUT2D eigenvalue weighted by Crippen LogP contribution is -2.51. The van der Waals surface area contributed by atoms with Crippen molar-refractivity contribution in [2.45, 2.75) is 31.8 Å². The number of piperidine rings is 1. The number of nitrogens with one attached hydrogen (secondary N) is 1. The predicted octanol–water partition coefficient (Wildman–Crippen LogP) is 0.528. The molecule has 1 heterocycles. The summed E-state index contributed by atoms with van der Waals surface area (Å²) in [5, 5.41) is 21.7. The number of hydrogen-bond acceptors (Lipinski definition) is 5. The van der Waals surface area contributed by atoms with Gasteiger partial charge < -0.3 is 15.5 Å². The Morgan fingerprint density at radius 2 is 2.09 bits per heavy atom. The lowest BCUT2D eigenvalue weighted by Gasteiger charge is -2.32. The van der Waals surface area contributed by atoms with E-state index >= 15 is 0 Å². The maximum atomic E-state index is 12.3. The van der Waals surface area contributed by atoms with Gasteiger partial charge in [-0.15, -0.1) is 0 Å². The van der Waals surface area contributed by atoms with Crippen molar-refractivity contribution in [2.24, 2.45) is 0 Å². The lowest BCUT2D eigenvalue weighted by molar-refractivity contribution is -0.125. The van der Waals surface area contributed by atoms with Crippen LogP contribution in [-0.2, 0) is 21.4 Å². The minimum Gasteiger partial charge on any atom is -0.504 e. The van der Waals surface area contributed by atoms with Crippen LogP contribution in [0.25, 0.3) is 0 Å². The van der Waals surface area contributed by atoms with Gasteiger partial charge >= 0.3 is 0 Å². The summed E-state index contributed by atoms with van der Waals surface area (Å²) in [6.45, 7) is 0.363. The van der Waals surface area contributed by atoms with Gasteiger partial charge in [0.1, 0.15) is 6.04 Å². The van der Waals surface area contributed by atoms with E-state index in [-0.39, 0.29) is 18.0 Å². The zero-order chi connectivity index (χ0) is 16.3. The maximum Gasteiger partial charge on any atom is 0.238 e. The minimum absolute atomic E-state index is 0.0210. The van der Waals surface area contributed by atoms with Gasteiger partial charge in [-0.1, -0.05) is 18.6 Å². The molecular weight excluding hydrogens is 308 g/mol. The number of aromatic hydroxyl groups is 2. The van der Waals surface area contributed by atoms with Crippen molar-refractivity contribution in [3.8, 4) is 11.5 Å². The van der Waals surface area contributed by atoms with Crippen molar-refractivity contribution in [3.63, 3.8) is 0 Å². The summed E-state index contributed by atoms with van der Waals surface area (Å²) in [6.07, 6.45) is 3.11. The van der Waals surface area contributed by atoms with Gasteiger partial charge in [0.25, 0.3) is 0 Å². The molecule has 1 aromatic rings. The van der Waals surface area contributed by atoms with E-state index in [2.05, 4.69) is 5.32 Å². The predicted molar refractivity (Wildman–Crippen MR) is 80.8 cm³/mol. The van der Waals surface area contributed by atoms with Crippen molar-refractivity contribution in [3.05, 3.63) is 23.8 Å². The number of carbonyl (C=O) groups excluding carboxylic acids is 1. The Labute approximate surface area is 129 Å². The van der Waals surface area contributed by atoms with Gasteiger partial charge in [0.2, 0.25) is 15.9 Å². The van der Waals surface area contributed by atoms with E-state index in [0.29, 0.717) is 18.5 Å². The Morgan fingerprint density at radius 3 is 2.77 bits per heavy atom. The second-order valence-electron chi connectivity index (χ2n) is 5.39. The van der Waals surface area contributed by atoms with Crippen LogP contribution in [-0.4, -0.2) is 47.7 Å². The molecule has 122 valence electrons. The third-order valence-corrected chi connectivity index (χ3v) is 5.02. The normalized spacial score (nSPS) is 19.8. The molecule has 1 aliphatic rings.